The van der Waals surface area contributed by atoms with Crippen LogP contribution in [0.3, 0.4) is 0 Å². The molecule has 4 aromatic carbocycles. The minimum atomic E-state index is -0.0243. The van der Waals surface area contributed by atoms with E-state index in [9.17, 15) is 9.90 Å². The zero-order valence-corrected chi connectivity index (χ0v) is 16.6. The topological polar surface area (TPSA) is 61.4 Å². The highest BCUT2D eigenvalue weighted by Gasteiger charge is 2.27. The van der Waals surface area contributed by atoms with Crippen LogP contribution in [0.25, 0.3) is 11.1 Å². The van der Waals surface area contributed by atoms with E-state index in [0.29, 0.717) is 21.8 Å². The molecule has 5 rings (SSSR count). The highest BCUT2D eigenvalue weighted by Crippen LogP contribution is 2.40. The van der Waals surface area contributed by atoms with Gasteiger partial charge in [0.2, 0.25) is 0 Å². The number of rotatable bonds is 4. The van der Waals surface area contributed by atoms with E-state index in [2.05, 4.69) is 10.6 Å². The Labute approximate surface area is 178 Å². The van der Waals surface area contributed by atoms with Gasteiger partial charge in [-0.1, -0.05) is 48.0 Å². The van der Waals surface area contributed by atoms with E-state index >= 15 is 0 Å². The zero-order chi connectivity index (χ0) is 20.7. The first-order chi connectivity index (χ1) is 14.6. The molecule has 4 nitrogen and oxygen atoms in total. The molecule has 0 aliphatic heterocycles. The Morgan fingerprint density at radius 2 is 1.17 bits per heavy atom. The monoisotopic (exact) mass is 412 g/mol. The summed E-state index contributed by atoms with van der Waals surface area (Å²) in [6, 6.07) is 25.9. The summed E-state index contributed by atoms with van der Waals surface area (Å²) >= 11 is 6.23. The highest BCUT2D eigenvalue weighted by molar-refractivity contribution is 6.33. The van der Waals surface area contributed by atoms with Crippen LogP contribution >= 0.6 is 11.6 Å². The second kappa shape index (κ2) is 7.25. The number of carbonyl (C=O) groups is 1. The van der Waals surface area contributed by atoms with Crippen molar-refractivity contribution < 1.29 is 9.90 Å². The Bertz CT molecular complexity index is 1200. The van der Waals surface area contributed by atoms with Crippen LogP contribution in [0.2, 0.25) is 5.02 Å². The third-order valence-electron chi connectivity index (χ3n) is 5.15. The molecule has 5 heteroatoms. The van der Waals surface area contributed by atoms with E-state index in [4.69, 9.17) is 11.6 Å². The standard InChI is InChI=1S/C25H17ClN2O2/c26-21-5-1-2-6-22(21)27-15-9-11-17-18-12-10-16(14-20(18)25(30)19(17)13-15)28-23-7-3-4-8-24(23)29/h1-14,27-29H. The van der Waals surface area contributed by atoms with Gasteiger partial charge in [0.05, 0.1) is 16.4 Å². The summed E-state index contributed by atoms with van der Waals surface area (Å²) in [5, 5.41) is 17.0. The Morgan fingerprint density at radius 3 is 1.77 bits per heavy atom. The molecule has 3 N–H and O–H groups in total. The molecule has 0 saturated heterocycles. The van der Waals surface area contributed by atoms with E-state index in [1.165, 1.54) is 0 Å². The van der Waals surface area contributed by atoms with Gasteiger partial charge >= 0.3 is 0 Å². The largest absolute Gasteiger partial charge is 0.506 e. The Balaban J connectivity index is 1.46. The molecule has 0 radical (unpaired) electrons. The van der Waals surface area contributed by atoms with E-state index in [-0.39, 0.29) is 11.5 Å². The first-order valence-electron chi connectivity index (χ1n) is 9.50. The number of phenolic OH excluding ortho intramolecular Hbond substituents is 1. The van der Waals surface area contributed by atoms with Crippen molar-refractivity contribution in [3.8, 4) is 16.9 Å². The van der Waals surface area contributed by atoms with Crippen LogP contribution in [0, 0.1) is 0 Å². The molecule has 1 aliphatic carbocycles. The molecule has 0 fully saturated rings. The number of fused-ring (bicyclic) bond motifs is 3. The molecule has 30 heavy (non-hydrogen) atoms. The van der Waals surface area contributed by atoms with Crippen LogP contribution in [-0.2, 0) is 0 Å². The Kier molecular flexibility index (Phi) is 4.42. The molecular weight excluding hydrogens is 396 g/mol. The number of phenols is 1. The lowest BCUT2D eigenvalue weighted by atomic mass is 10.0. The molecule has 0 aromatic heterocycles. The zero-order valence-electron chi connectivity index (χ0n) is 15.8. The minimum absolute atomic E-state index is 0.0243. The van der Waals surface area contributed by atoms with Gasteiger partial charge in [-0.2, -0.15) is 0 Å². The van der Waals surface area contributed by atoms with Gasteiger partial charge in [0.1, 0.15) is 5.75 Å². The number of aromatic hydroxyl groups is 1. The number of para-hydroxylation sites is 3. The smallest absolute Gasteiger partial charge is 0.194 e. The fourth-order valence-electron chi connectivity index (χ4n) is 3.69. The average molecular weight is 413 g/mol. The maximum absolute atomic E-state index is 13.1. The summed E-state index contributed by atoms with van der Waals surface area (Å²) < 4.78 is 0. The van der Waals surface area contributed by atoms with Crippen molar-refractivity contribution in [2.45, 2.75) is 0 Å². The van der Waals surface area contributed by atoms with E-state index in [1.54, 1.807) is 18.2 Å². The first-order valence-corrected chi connectivity index (χ1v) is 9.88. The molecule has 0 saturated carbocycles. The Morgan fingerprint density at radius 1 is 0.633 bits per heavy atom. The molecule has 4 aromatic rings. The predicted molar refractivity (Wildman–Crippen MR) is 121 cm³/mol. The summed E-state index contributed by atoms with van der Waals surface area (Å²) in [4.78, 5) is 13.1. The van der Waals surface area contributed by atoms with Gasteiger partial charge in [-0.3, -0.25) is 4.79 Å². The van der Waals surface area contributed by atoms with Gasteiger partial charge < -0.3 is 15.7 Å². The van der Waals surface area contributed by atoms with Gasteiger partial charge in [0.25, 0.3) is 0 Å². The third kappa shape index (κ3) is 3.17. The molecule has 0 heterocycles. The number of hydrogen-bond donors (Lipinski definition) is 3. The summed E-state index contributed by atoms with van der Waals surface area (Å²) in [6.07, 6.45) is 0. The van der Waals surface area contributed by atoms with Crippen molar-refractivity contribution in [2.75, 3.05) is 10.6 Å². The number of halogens is 1. The van der Waals surface area contributed by atoms with Crippen molar-refractivity contribution >= 4 is 40.1 Å². The number of nitrogens with one attached hydrogen (secondary N) is 2. The van der Waals surface area contributed by atoms with Gasteiger partial charge in [-0.25, -0.2) is 0 Å². The molecule has 0 unspecified atom stereocenters. The van der Waals surface area contributed by atoms with E-state index in [1.807, 2.05) is 66.7 Å². The van der Waals surface area contributed by atoms with Crippen LogP contribution in [0.4, 0.5) is 22.7 Å². The second-order valence-electron chi connectivity index (χ2n) is 7.10. The van der Waals surface area contributed by atoms with E-state index in [0.717, 1.165) is 28.2 Å². The van der Waals surface area contributed by atoms with Gasteiger partial charge in [0.15, 0.2) is 5.78 Å². The number of ketones is 1. The van der Waals surface area contributed by atoms with Crippen molar-refractivity contribution in [3.63, 3.8) is 0 Å². The second-order valence-corrected chi connectivity index (χ2v) is 7.50. The predicted octanol–water partition coefficient (Wildman–Crippen LogP) is 6.74. The van der Waals surface area contributed by atoms with Crippen LogP contribution in [-0.4, -0.2) is 10.9 Å². The third-order valence-corrected chi connectivity index (χ3v) is 5.48. The molecule has 0 amide bonds. The fraction of sp³-hybridized carbons (Fsp3) is 0. The highest BCUT2D eigenvalue weighted by atomic mass is 35.5. The van der Waals surface area contributed by atoms with Crippen molar-refractivity contribution in [3.05, 3.63) is 101 Å². The average Bonchev–Trinajstić information content (AvgIpc) is 3.03. The number of carbonyl (C=O) groups excluding carboxylic acids is 1. The lowest BCUT2D eigenvalue weighted by Gasteiger charge is -2.10. The molecule has 0 spiro atoms. The summed E-state index contributed by atoms with van der Waals surface area (Å²) in [7, 11) is 0. The van der Waals surface area contributed by atoms with Crippen LogP contribution in [0.1, 0.15) is 15.9 Å². The molecule has 1 aliphatic rings. The normalized spacial score (nSPS) is 11.7. The number of hydrogen-bond acceptors (Lipinski definition) is 4. The number of anilines is 4. The van der Waals surface area contributed by atoms with Gasteiger partial charge in [-0.05, 0) is 59.7 Å². The molecule has 146 valence electrons. The van der Waals surface area contributed by atoms with Crippen molar-refractivity contribution in [1.82, 2.24) is 0 Å². The molecule has 0 bridgehead atoms. The van der Waals surface area contributed by atoms with Crippen molar-refractivity contribution in [1.29, 1.82) is 0 Å². The number of benzene rings is 4. The van der Waals surface area contributed by atoms with E-state index < -0.39 is 0 Å². The van der Waals surface area contributed by atoms with Crippen LogP contribution < -0.4 is 10.6 Å². The Hall–Kier alpha value is -3.76. The molecule has 0 atom stereocenters. The quantitative estimate of drug-likeness (QED) is 0.286. The maximum atomic E-state index is 13.1. The lowest BCUT2D eigenvalue weighted by Crippen LogP contribution is -1.98. The summed E-state index contributed by atoms with van der Waals surface area (Å²) in [6.45, 7) is 0. The van der Waals surface area contributed by atoms with Crippen LogP contribution in [0.15, 0.2) is 84.9 Å². The van der Waals surface area contributed by atoms with Gasteiger partial charge in [-0.15, -0.1) is 0 Å². The molecular formula is C25H17ClN2O2. The lowest BCUT2D eigenvalue weighted by molar-refractivity contribution is 0.104. The maximum Gasteiger partial charge on any atom is 0.194 e. The summed E-state index contributed by atoms with van der Waals surface area (Å²) in [5.41, 5.74) is 6.03. The SMILES string of the molecule is O=C1c2cc(Nc3ccccc3O)ccc2-c2ccc(Nc3ccccc3Cl)cc21. The summed E-state index contributed by atoms with van der Waals surface area (Å²) in [5.74, 6) is 0.131. The first kappa shape index (κ1) is 18.3. The van der Waals surface area contributed by atoms with Crippen molar-refractivity contribution in [2.24, 2.45) is 0 Å². The van der Waals surface area contributed by atoms with Crippen LogP contribution in [0.5, 0.6) is 5.75 Å². The minimum Gasteiger partial charge on any atom is -0.506 e. The fourth-order valence-corrected chi connectivity index (χ4v) is 3.87. The van der Waals surface area contributed by atoms with Gasteiger partial charge in [0, 0.05) is 22.5 Å².